The van der Waals surface area contributed by atoms with Crippen molar-refractivity contribution in [3.8, 4) is 0 Å². The van der Waals surface area contributed by atoms with Gasteiger partial charge >= 0.3 is 15.6 Å². The van der Waals surface area contributed by atoms with Gasteiger partial charge in [0, 0.05) is 0 Å². The van der Waals surface area contributed by atoms with Gasteiger partial charge in [0.25, 0.3) is 5.56 Å². The van der Waals surface area contributed by atoms with E-state index in [0.717, 1.165) is 17.2 Å². The smallest absolute Gasteiger partial charge is 0.386 e. The van der Waals surface area contributed by atoms with Crippen molar-refractivity contribution in [3.63, 3.8) is 0 Å². The number of rotatable bonds is 2. The Balaban J connectivity index is 1.24. The second-order valence-electron chi connectivity index (χ2n) is 11.8. The van der Waals surface area contributed by atoms with E-state index >= 15 is 4.39 Å². The zero-order valence-electron chi connectivity index (χ0n) is 23.4. The van der Waals surface area contributed by atoms with E-state index in [9.17, 15) is 28.8 Å². The Hall–Kier alpha value is -3.47. The number of fused-ring (bicyclic) bond motifs is 2. The van der Waals surface area contributed by atoms with Gasteiger partial charge in [-0.15, -0.1) is 0 Å². The van der Waals surface area contributed by atoms with E-state index in [1.807, 2.05) is 0 Å². The number of aromatic nitrogens is 8. The molecular weight excluding hydrogens is 677 g/mol. The molecule has 8 N–H and O–H groups in total. The van der Waals surface area contributed by atoms with E-state index < -0.39 is 94.4 Å². The number of halogens is 1. The maximum atomic E-state index is 18.2. The quantitative estimate of drug-likeness (QED) is 0.133. The lowest BCUT2D eigenvalue weighted by Crippen LogP contribution is -2.60. The summed E-state index contributed by atoms with van der Waals surface area (Å²) in [6.45, 7) is -1.88. The summed E-state index contributed by atoms with van der Waals surface area (Å²) in [6.07, 6.45) is -7.49. The third kappa shape index (κ3) is 3.75. The number of aliphatic hydroxyl groups is 1. The lowest BCUT2D eigenvalue weighted by atomic mass is 9.79. The normalized spacial score (nSPS) is 44.3. The van der Waals surface area contributed by atoms with Crippen LogP contribution in [0.4, 0.5) is 16.2 Å². The van der Waals surface area contributed by atoms with E-state index in [4.69, 9.17) is 39.0 Å². The van der Waals surface area contributed by atoms with Crippen LogP contribution in [-0.2, 0) is 36.7 Å². The number of alkyl halides is 1. The van der Waals surface area contributed by atoms with Gasteiger partial charge in [0.15, 0.2) is 46.4 Å². The van der Waals surface area contributed by atoms with Crippen LogP contribution in [0.15, 0.2) is 23.8 Å². The maximum Gasteiger partial charge on any atom is 0.472 e. The van der Waals surface area contributed by atoms with Crippen LogP contribution in [0.25, 0.3) is 22.3 Å². The molecule has 25 heteroatoms. The second-order valence-corrected chi connectivity index (χ2v) is 14.7. The largest absolute Gasteiger partial charge is 0.472 e. The van der Waals surface area contributed by atoms with Crippen LogP contribution in [0.1, 0.15) is 18.9 Å². The highest BCUT2D eigenvalue weighted by atomic mass is 31.2. The first kappa shape index (κ1) is 29.7. The molecule has 0 amide bonds. The Bertz CT molecular complexity index is 2170. The number of hydrogen-bond donors (Lipinski definition) is 6. The molecule has 1 saturated carbocycles. The van der Waals surface area contributed by atoms with Gasteiger partial charge in [0.2, 0.25) is 5.95 Å². The fourth-order valence-electron chi connectivity index (χ4n) is 7.51. The zero-order chi connectivity index (χ0) is 32.9. The number of aliphatic hydroxyl groups excluding tert-OH is 1. The van der Waals surface area contributed by atoms with Gasteiger partial charge in [0.1, 0.15) is 30.2 Å². The Morgan fingerprint density at radius 2 is 1.68 bits per heavy atom. The van der Waals surface area contributed by atoms with Gasteiger partial charge in [-0.05, 0) is 6.42 Å². The number of phosphoric ester groups is 2. The van der Waals surface area contributed by atoms with Crippen LogP contribution in [0, 0.1) is 5.41 Å². The number of phosphoric acid groups is 2. The standard InChI is InChI=1S/C22H23FN10O12P2/c23-22-2-20(22)7-1-40-46(36,37)44-11-10(34)17(33-6-29-9-15(33)30-19(25)31-16(9)35)43-21(11,22)3-41-47(38,39)45-12(20)18(42-7)32-5-28-8-13(24)26-4-27-14(8)32/h4-7,10-12,17-18,34H,1-3H2,(H,36,37)(H,38,39)(H2,24,26,27)(H3,25,30,31,35)/t7-,10-,11+,12+,17-,18-,20-,21-,22?/m1/s1. The summed E-state index contributed by atoms with van der Waals surface area (Å²) in [6, 6.07) is 0. The van der Waals surface area contributed by atoms with Gasteiger partial charge in [-0.2, -0.15) is 4.98 Å². The molecule has 4 aromatic heterocycles. The third-order valence-corrected chi connectivity index (χ3v) is 11.5. The van der Waals surface area contributed by atoms with Crippen molar-refractivity contribution in [2.24, 2.45) is 5.41 Å². The summed E-state index contributed by atoms with van der Waals surface area (Å²) in [7, 11) is -10.3. The minimum absolute atomic E-state index is 0.00145. The zero-order valence-corrected chi connectivity index (χ0v) is 25.2. The fraction of sp³-hybridized carbons (Fsp3) is 0.545. The minimum atomic E-state index is -5.16. The Kier molecular flexibility index (Phi) is 5.77. The Morgan fingerprint density at radius 3 is 2.47 bits per heavy atom. The highest BCUT2D eigenvalue weighted by molar-refractivity contribution is 7.47. The molecule has 1 aliphatic carbocycles. The monoisotopic (exact) mass is 700 g/mol. The minimum Gasteiger partial charge on any atom is -0.386 e. The van der Waals surface area contributed by atoms with E-state index in [1.165, 1.54) is 10.9 Å². The summed E-state index contributed by atoms with van der Waals surface area (Å²) in [5, 5.41) is 11.7. The SMILES string of the molecule is Nc1nc2c(ncn2[C@@H]2O[C@]34COP(=O)(O)O[C@H]5[C@H](n6cnc7c(N)ncnc76)O[C@H](COP(=O)(O)O[C@H]3[C@H]2O)[C@]52CC24F)c(=O)[nH]1. The van der Waals surface area contributed by atoms with Crippen molar-refractivity contribution in [1.82, 2.24) is 39.0 Å². The number of imidazole rings is 2. The number of ether oxygens (including phenoxy) is 2. The molecular formula is C22H23FN10O12P2. The predicted molar refractivity (Wildman–Crippen MR) is 147 cm³/mol. The van der Waals surface area contributed by atoms with E-state index in [1.54, 1.807) is 0 Å². The average Bonchev–Trinajstić information content (AvgIpc) is 3.43. The van der Waals surface area contributed by atoms with Gasteiger partial charge in [-0.1, -0.05) is 0 Å². The maximum absolute atomic E-state index is 18.2. The number of anilines is 2. The molecule has 5 fully saturated rings. The van der Waals surface area contributed by atoms with Crippen LogP contribution >= 0.6 is 15.6 Å². The molecule has 3 unspecified atom stereocenters. The number of nitrogen functional groups attached to an aromatic ring is 2. The van der Waals surface area contributed by atoms with Crippen molar-refractivity contribution < 1.29 is 56.0 Å². The second kappa shape index (κ2) is 9.15. The molecule has 4 saturated heterocycles. The molecule has 2 bridgehead atoms. The number of hydrogen-bond acceptors (Lipinski definition) is 17. The van der Waals surface area contributed by atoms with E-state index in [-0.39, 0.29) is 34.1 Å². The first-order valence-corrected chi connectivity index (χ1v) is 16.9. The average molecular weight is 700 g/mol. The number of H-pyrrole nitrogens is 1. The lowest BCUT2D eigenvalue weighted by Gasteiger charge is -2.42. The molecule has 8 heterocycles. The number of aromatic amines is 1. The summed E-state index contributed by atoms with van der Waals surface area (Å²) >= 11 is 0. The molecule has 4 aromatic rings. The number of nitrogens with two attached hydrogens (primary N) is 2. The predicted octanol–water partition coefficient (Wildman–Crippen LogP) is -1.22. The third-order valence-electron chi connectivity index (χ3n) is 9.57. The molecule has 9 rings (SSSR count). The van der Waals surface area contributed by atoms with Gasteiger partial charge in [0.05, 0.1) is 37.4 Å². The first-order valence-electron chi connectivity index (χ1n) is 13.9. The van der Waals surface area contributed by atoms with E-state index in [2.05, 4.69) is 29.9 Å². The fourth-order valence-corrected chi connectivity index (χ4v) is 9.47. The van der Waals surface area contributed by atoms with Crippen molar-refractivity contribution >= 4 is 49.7 Å². The highest BCUT2D eigenvalue weighted by Gasteiger charge is 2.92. The first-order chi connectivity index (χ1) is 22.2. The van der Waals surface area contributed by atoms with Gasteiger partial charge in [-0.25, -0.2) is 33.5 Å². The number of nitrogens with one attached hydrogen (secondary N) is 1. The lowest BCUT2D eigenvalue weighted by molar-refractivity contribution is -0.190. The Labute approximate surface area is 259 Å². The molecule has 47 heavy (non-hydrogen) atoms. The topological polar surface area (TPSA) is 309 Å². The van der Waals surface area contributed by atoms with Crippen molar-refractivity contribution in [3.05, 3.63) is 29.3 Å². The van der Waals surface area contributed by atoms with Gasteiger partial charge in [-0.3, -0.25) is 37.0 Å². The molecule has 4 aliphatic heterocycles. The van der Waals surface area contributed by atoms with Crippen LogP contribution in [-0.4, -0.2) is 103 Å². The summed E-state index contributed by atoms with van der Waals surface area (Å²) in [4.78, 5) is 56.7. The van der Waals surface area contributed by atoms with Crippen LogP contribution in [0.5, 0.6) is 0 Å². The highest BCUT2D eigenvalue weighted by Crippen LogP contribution is 2.80. The summed E-state index contributed by atoms with van der Waals surface area (Å²) in [5.41, 5.74) is 3.46. The summed E-state index contributed by atoms with van der Waals surface area (Å²) in [5.74, 6) is -0.321. The van der Waals surface area contributed by atoms with Crippen molar-refractivity contribution in [2.45, 2.75) is 54.6 Å². The molecule has 22 nitrogen and oxygen atoms in total. The molecule has 11 atom stereocenters. The molecule has 250 valence electrons. The Morgan fingerprint density at radius 1 is 0.979 bits per heavy atom. The van der Waals surface area contributed by atoms with Gasteiger partial charge < -0.3 is 35.8 Å². The van der Waals surface area contributed by atoms with Crippen LogP contribution in [0.3, 0.4) is 0 Å². The van der Waals surface area contributed by atoms with Crippen LogP contribution in [0.2, 0.25) is 0 Å². The molecule has 0 aromatic carbocycles. The number of nitrogens with zero attached hydrogens (tertiary/aromatic N) is 7. The van der Waals surface area contributed by atoms with E-state index in [0.29, 0.717) is 0 Å². The molecule has 0 radical (unpaired) electrons. The van der Waals surface area contributed by atoms with Crippen molar-refractivity contribution in [2.75, 3.05) is 24.7 Å². The summed E-state index contributed by atoms with van der Waals surface area (Å²) < 4.78 is 81.2. The molecule has 5 aliphatic rings. The molecule has 2 spiro atoms. The van der Waals surface area contributed by atoms with Crippen molar-refractivity contribution in [1.29, 1.82) is 0 Å². The van der Waals surface area contributed by atoms with Crippen LogP contribution < -0.4 is 17.0 Å².